The minimum atomic E-state index is -0.713. The van der Waals surface area contributed by atoms with Gasteiger partial charge in [0.05, 0.1) is 0 Å². The fourth-order valence-electron chi connectivity index (χ4n) is 2.11. The third-order valence-electron chi connectivity index (χ3n) is 3.14. The van der Waals surface area contributed by atoms with Gasteiger partial charge >= 0.3 is 5.97 Å². The van der Waals surface area contributed by atoms with Gasteiger partial charge in [-0.3, -0.25) is 4.79 Å². The van der Waals surface area contributed by atoms with Crippen molar-refractivity contribution in [3.8, 4) is 0 Å². The van der Waals surface area contributed by atoms with Gasteiger partial charge in [-0.05, 0) is 41.8 Å². The molecule has 2 N–H and O–H groups in total. The van der Waals surface area contributed by atoms with Crippen molar-refractivity contribution in [1.29, 1.82) is 0 Å². The Labute approximate surface area is 113 Å². The number of fused-ring (bicyclic) bond motifs is 1. The Hall–Kier alpha value is -1.87. The minimum absolute atomic E-state index is 0.262. The summed E-state index contributed by atoms with van der Waals surface area (Å²) >= 11 is 0. The number of carboxylic acids is 1. The number of benzene rings is 2. The Balaban J connectivity index is 1.77. The summed E-state index contributed by atoms with van der Waals surface area (Å²) in [6.07, 6.45) is 1.90. The maximum atomic E-state index is 10.4. The predicted octanol–water partition coefficient (Wildman–Crippen LogP) is 3.18. The number of aliphatic carboxylic acids is 1. The van der Waals surface area contributed by atoms with Crippen LogP contribution in [0.5, 0.6) is 0 Å². The lowest BCUT2D eigenvalue weighted by Crippen LogP contribution is -2.14. The Morgan fingerprint density at radius 2 is 1.84 bits per heavy atom. The molecule has 0 radical (unpaired) electrons. The SMILES string of the molecule is O=C(O)CCCCNCc1ccc2ccccc2c1. The molecule has 0 aliphatic carbocycles. The average molecular weight is 257 g/mol. The van der Waals surface area contributed by atoms with Crippen LogP contribution in [0.4, 0.5) is 0 Å². The van der Waals surface area contributed by atoms with E-state index in [9.17, 15) is 4.79 Å². The largest absolute Gasteiger partial charge is 0.481 e. The highest BCUT2D eigenvalue weighted by Crippen LogP contribution is 2.15. The smallest absolute Gasteiger partial charge is 0.303 e. The standard InChI is InChI=1S/C16H19NO2/c18-16(19)7-3-4-10-17-12-13-8-9-14-5-1-2-6-15(14)11-13/h1-2,5-6,8-9,11,17H,3-4,7,10,12H2,(H,18,19). The van der Waals surface area contributed by atoms with Gasteiger partial charge in [0.1, 0.15) is 0 Å². The molecule has 0 aliphatic heterocycles. The van der Waals surface area contributed by atoms with Gasteiger partial charge in [-0.25, -0.2) is 0 Å². The maximum absolute atomic E-state index is 10.4. The first-order valence-electron chi connectivity index (χ1n) is 6.66. The number of nitrogens with one attached hydrogen (secondary N) is 1. The fraction of sp³-hybridized carbons (Fsp3) is 0.312. The van der Waals surface area contributed by atoms with Gasteiger partial charge < -0.3 is 10.4 Å². The second kappa shape index (κ2) is 6.90. The zero-order valence-electron chi connectivity index (χ0n) is 10.9. The van der Waals surface area contributed by atoms with Gasteiger partial charge in [-0.2, -0.15) is 0 Å². The molecule has 0 amide bonds. The highest BCUT2D eigenvalue weighted by Gasteiger charge is 1.98. The second-order valence-corrected chi connectivity index (χ2v) is 4.71. The first kappa shape index (κ1) is 13.6. The summed E-state index contributed by atoms with van der Waals surface area (Å²) in [4.78, 5) is 10.4. The molecule has 0 bridgehead atoms. The number of rotatable bonds is 7. The zero-order valence-corrected chi connectivity index (χ0v) is 10.9. The Morgan fingerprint density at radius 1 is 1.05 bits per heavy atom. The fourth-order valence-corrected chi connectivity index (χ4v) is 2.11. The van der Waals surface area contributed by atoms with Gasteiger partial charge in [0.2, 0.25) is 0 Å². The van der Waals surface area contributed by atoms with Crippen LogP contribution in [0.25, 0.3) is 10.8 Å². The number of carbonyl (C=O) groups is 1. The molecule has 0 fully saturated rings. The molecule has 3 heteroatoms. The van der Waals surface area contributed by atoms with E-state index in [1.807, 2.05) is 12.1 Å². The van der Waals surface area contributed by atoms with Crippen molar-refractivity contribution < 1.29 is 9.90 Å². The molecule has 0 saturated carbocycles. The molecular weight excluding hydrogens is 238 g/mol. The van der Waals surface area contributed by atoms with Crippen LogP contribution in [0, 0.1) is 0 Å². The summed E-state index contributed by atoms with van der Waals surface area (Å²) < 4.78 is 0. The second-order valence-electron chi connectivity index (χ2n) is 4.71. The summed E-state index contributed by atoms with van der Waals surface area (Å²) in [5.74, 6) is -0.713. The lowest BCUT2D eigenvalue weighted by atomic mass is 10.1. The van der Waals surface area contributed by atoms with Gasteiger partial charge in [-0.15, -0.1) is 0 Å². The summed E-state index contributed by atoms with van der Waals surface area (Å²) in [5.41, 5.74) is 1.26. The van der Waals surface area contributed by atoms with E-state index in [4.69, 9.17) is 5.11 Å². The first-order chi connectivity index (χ1) is 9.25. The zero-order chi connectivity index (χ0) is 13.5. The average Bonchev–Trinajstić information content (AvgIpc) is 2.42. The van der Waals surface area contributed by atoms with E-state index in [-0.39, 0.29) is 6.42 Å². The van der Waals surface area contributed by atoms with Crippen molar-refractivity contribution in [2.24, 2.45) is 0 Å². The van der Waals surface area contributed by atoms with E-state index in [1.54, 1.807) is 0 Å². The number of carboxylic acid groups (broad SMARTS) is 1. The van der Waals surface area contributed by atoms with Crippen LogP contribution in [0.3, 0.4) is 0 Å². The molecule has 0 aliphatic rings. The molecule has 0 unspecified atom stereocenters. The maximum Gasteiger partial charge on any atom is 0.303 e. The summed E-state index contributed by atoms with van der Waals surface area (Å²) in [6.45, 7) is 1.69. The molecular formula is C16H19NO2. The number of hydrogen-bond acceptors (Lipinski definition) is 2. The van der Waals surface area contributed by atoms with Gasteiger partial charge in [0, 0.05) is 13.0 Å². The monoisotopic (exact) mass is 257 g/mol. The van der Waals surface area contributed by atoms with Crippen LogP contribution in [-0.4, -0.2) is 17.6 Å². The third kappa shape index (κ3) is 4.38. The summed E-state index contributed by atoms with van der Waals surface area (Å²) in [5, 5.41) is 14.4. The van der Waals surface area contributed by atoms with Crippen LogP contribution in [0.2, 0.25) is 0 Å². The van der Waals surface area contributed by atoms with Crippen molar-refractivity contribution >= 4 is 16.7 Å². The Bertz CT molecular complexity index is 551. The van der Waals surface area contributed by atoms with E-state index in [2.05, 4.69) is 35.6 Å². The van der Waals surface area contributed by atoms with Crippen LogP contribution in [0.15, 0.2) is 42.5 Å². The number of hydrogen-bond donors (Lipinski definition) is 2. The molecule has 0 spiro atoms. The molecule has 19 heavy (non-hydrogen) atoms. The quantitative estimate of drug-likeness (QED) is 0.749. The van der Waals surface area contributed by atoms with Crippen molar-refractivity contribution in [3.05, 3.63) is 48.0 Å². The highest BCUT2D eigenvalue weighted by molar-refractivity contribution is 5.82. The van der Waals surface area contributed by atoms with E-state index in [1.165, 1.54) is 16.3 Å². The van der Waals surface area contributed by atoms with Crippen molar-refractivity contribution in [2.75, 3.05) is 6.54 Å². The van der Waals surface area contributed by atoms with Crippen molar-refractivity contribution in [2.45, 2.75) is 25.8 Å². The lowest BCUT2D eigenvalue weighted by Gasteiger charge is -2.06. The summed E-state index contributed by atoms with van der Waals surface area (Å²) in [7, 11) is 0. The van der Waals surface area contributed by atoms with Gasteiger partial charge in [0.25, 0.3) is 0 Å². The molecule has 0 saturated heterocycles. The van der Waals surface area contributed by atoms with E-state index >= 15 is 0 Å². The van der Waals surface area contributed by atoms with Gasteiger partial charge in [-0.1, -0.05) is 36.4 Å². The molecule has 0 heterocycles. The van der Waals surface area contributed by atoms with Crippen molar-refractivity contribution in [3.63, 3.8) is 0 Å². The van der Waals surface area contributed by atoms with Crippen LogP contribution < -0.4 is 5.32 Å². The van der Waals surface area contributed by atoms with Gasteiger partial charge in [0.15, 0.2) is 0 Å². The lowest BCUT2D eigenvalue weighted by molar-refractivity contribution is -0.137. The Morgan fingerprint density at radius 3 is 2.63 bits per heavy atom. The molecule has 3 nitrogen and oxygen atoms in total. The molecule has 2 aromatic rings. The van der Waals surface area contributed by atoms with E-state index in [0.717, 1.165) is 25.9 Å². The normalized spacial score (nSPS) is 10.7. The molecule has 0 aromatic heterocycles. The topological polar surface area (TPSA) is 49.3 Å². The minimum Gasteiger partial charge on any atom is -0.481 e. The first-order valence-corrected chi connectivity index (χ1v) is 6.66. The van der Waals surface area contributed by atoms with Crippen LogP contribution in [0.1, 0.15) is 24.8 Å². The van der Waals surface area contributed by atoms with Crippen molar-refractivity contribution in [1.82, 2.24) is 5.32 Å². The van der Waals surface area contributed by atoms with E-state index < -0.39 is 5.97 Å². The highest BCUT2D eigenvalue weighted by atomic mass is 16.4. The predicted molar refractivity (Wildman–Crippen MR) is 77.1 cm³/mol. The van der Waals surface area contributed by atoms with Crippen LogP contribution in [-0.2, 0) is 11.3 Å². The third-order valence-corrected chi connectivity index (χ3v) is 3.14. The molecule has 100 valence electrons. The van der Waals surface area contributed by atoms with Crippen LogP contribution >= 0.6 is 0 Å². The molecule has 2 aromatic carbocycles. The summed E-state index contributed by atoms with van der Waals surface area (Å²) in [6, 6.07) is 14.8. The molecule has 0 atom stereocenters. The number of unbranched alkanes of at least 4 members (excludes halogenated alkanes) is 1. The molecule has 2 rings (SSSR count). The Kier molecular flexibility index (Phi) is 4.93. The van der Waals surface area contributed by atoms with E-state index in [0.29, 0.717) is 0 Å².